The van der Waals surface area contributed by atoms with E-state index in [4.69, 9.17) is 4.74 Å². The molecule has 7 heteroatoms. The topological polar surface area (TPSA) is 71.8 Å². The number of aromatic nitrogens is 3. The molecule has 0 aliphatic carbocycles. The number of rotatable bonds is 5. The van der Waals surface area contributed by atoms with Crippen molar-refractivity contribution < 1.29 is 9.53 Å². The zero-order valence-electron chi connectivity index (χ0n) is 13.7. The monoisotopic (exact) mass is 317 g/mol. The lowest BCUT2D eigenvalue weighted by Gasteiger charge is -2.32. The molecule has 2 aromatic rings. The van der Waals surface area contributed by atoms with E-state index in [2.05, 4.69) is 27.2 Å². The van der Waals surface area contributed by atoms with Crippen LogP contribution in [0.5, 0.6) is 0 Å². The molecule has 0 spiro atoms. The molecule has 124 valence electrons. The number of fused-ring (bicyclic) bond motifs is 1. The molecule has 1 atom stereocenters. The van der Waals surface area contributed by atoms with E-state index in [1.54, 1.807) is 16.9 Å². The van der Waals surface area contributed by atoms with Gasteiger partial charge in [0.25, 0.3) is 5.91 Å². The summed E-state index contributed by atoms with van der Waals surface area (Å²) in [4.78, 5) is 19.0. The van der Waals surface area contributed by atoms with Gasteiger partial charge >= 0.3 is 0 Å². The third-order valence-electron chi connectivity index (χ3n) is 4.15. The molecule has 0 saturated carbocycles. The highest BCUT2D eigenvalue weighted by Crippen LogP contribution is 2.10. The Morgan fingerprint density at radius 1 is 1.48 bits per heavy atom. The summed E-state index contributed by atoms with van der Waals surface area (Å²) < 4.78 is 7.38. The zero-order valence-corrected chi connectivity index (χ0v) is 13.7. The lowest BCUT2D eigenvalue weighted by molar-refractivity contribution is -0.0296. The van der Waals surface area contributed by atoms with Gasteiger partial charge in [-0.2, -0.15) is 5.10 Å². The van der Waals surface area contributed by atoms with E-state index in [-0.39, 0.29) is 12.0 Å². The minimum absolute atomic E-state index is 0.139. The molecule has 0 bridgehead atoms. The number of carbonyl (C=O) groups is 1. The quantitative estimate of drug-likeness (QED) is 0.886. The van der Waals surface area contributed by atoms with Crippen LogP contribution in [0.2, 0.25) is 0 Å². The third-order valence-corrected chi connectivity index (χ3v) is 4.15. The van der Waals surface area contributed by atoms with Crippen molar-refractivity contribution in [3.05, 3.63) is 29.7 Å². The Morgan fingerprint density at radius 2 is 2.35 bits per heavy atom. The molecule has 0 radical (unpaired) electrons. The van der Waals surface area contributed by atoms with Gasteiger partial charge in [-0.3, -0.25) is 9.69 Å². The molecule has 0 aromatic carbocycles. The number of hydrogen-bond donors (Lipinski definition) is 1. The van der Waals surface area contributed by atoms with Crippen LogP contribution in [0.1, 0.15) is 29.3 Å². The number of nitrogens with one attached hydrogen (secondary N) is 1. The first-order valence-electron chi connectivity index (χ1n) is 8.09. The maximum Gasteiger partial charge on any atom is 0.256 e. The maximum absolute atomic E-state index is 12.3. The summed E-state index contributed by atoms with van der Waals surface area (Å²) in [6.07, 6.45) is 6.16. The summed E-state index contributed by atoms with van der Waals surface area (Å²) in [5.74, 6) is -0.139. The van der Waals surface area contributed by atoms with Gasteiger partial charge in [-0.15, -0.1) is 0 Å². The normalized spacial score (nSPS) is 19.1. The van der Waals surface area contributed by atoms with Crippen LogP contribution in [-0.2, 0) is 4.74 Å². The summed E-state index contributed by atoms with van der Waals surface area (Å²) in [5, 5.41) is 7.12. The molecule has 1 amide bonds. The van der Waals surface area contributed by atoms with Crippen molar-refractivity contribution in [1.29, 1.82) is 0 Å². The summed E-state index contributed by atoms with van der Waals surface area (Å²) in [6, 6.07) is 0. The van der Waals surface area contributed by atoms with Crippen LogP contribution in [0.15, 0.2) is 18.6 Å². The fourth-order valence-corrected chi connectivity index (χ4v) is 2.81. The Bertz CT molecular complexity index is 684. The predicted molar refractivity (Wildman–Crippen MR) is 86.5 cm³/mol. The summed E-state index contributed by atoms with van der Waals surface area (Å²) in [7, 11) is 0. The second kappa shape index (κ2) is 7.06. The minimum Gasteiger partial charge on any atom is -0.375 e. The Hall–Kier alpha value is -1.99. The minimum atomic E-state index is -0.139. The van der Waals surface area contributed by atoms with Gasteiger partial charge < -0.3 is 10.1 Å². The lowest BCUT2D eigenvalue weighted by atomic mass is 10.2. The number of morpholine rings is 1. The van der Waals surface area contributed by atoms with E-state index in [9.17, 15) is 4.79 Å². The van der Waals surface area contributed by atoms with E-state index in [1.165, 1.54) is 0 Å². The summed E-state index contributed by atoms with van der Waals surface area (Å²) in [6.45, 7) is 8.42. The van der Waals surface area contributed by atoms with Gasteiger partial charge in [0, 0.05) is 32.0 Å². The van der Waals surface area contributed by atoms with Crippen LogP contribution in [0, 0.1) is 6.92 Å². The molecule has 23 heavy (non-hydrogen) atoms. The molecule has 1 N–H and O–H groups in total. The molecule has 2 aromatic heterocycles. The molecule has 1 unspecified atom stereocenters. The molecule has 7 nitrogen and oxygen atoms in total. The van der Waals surface area contributed by atoms with Crippen molar-refractivity contribution in [2.24, 2.45) is 0 Å². The van der Waals surface area contributed by atoms with Crippen LogP contribution in [0.3, 0.4) is 0 Å². The van der Waals surface area contributed by atoms with E-state index < -0.39 is 0 Å². The van der Waals surface area contributed by atoms with Crippen molar-refractivity contribution in [3.8, 4) is 0 Å². The van der Waals surface area contributed by atoms with Crippen LogP contribution in [-0.4, -0.2) is 64.3 Å². The number of carbonyl (C=O) groups excluding carboxylic acids is 1. The van der Waals surface area contributed by atoms with Crippen LogP contribution in [0.4, 0.5) is 0 Å². The van der Waals surface area contributed by atoms with Gasteiger partial charge in [-0.05, 0) is 25.5 Å². The van der Waals surface area contributed by atoms with Crippen molar-refractivity contribution >= 4 is 11.6 Å². The van der Waals surface area contributed by atoms with Gasteiger partial charge in [-0.25, -0.2) is 9.50 Å². The largest absolute Gasteiger partial charge is 0.375 e. The first-order chi connectivity index (χ1) is 11.2. The fraction of sp³-hybridized carbons (Fsp3) is 0.562. The molecule has 3 rings (SSSR count). The highest BCUT2D eigenvalue weighted by Gasteiger charge is 2.20. The standard InChI is InChI=1S/C16H23N5O2/c1-3-20-6-7-23-13(11-20)4-5-17-16(22)14-9-19-21-10-12(2)8-18-15(14)21/h8-10,13H,3-7,11H2,1-2H3,(H,17,22). The summed E-state index contributed by atoms with van der Waals surface area (Å²) in [5.41, 5.74) is 2.09. The fourth-order valence-electron chi connectivity index (χ4n) is 2.81. The van der Waals surface area contributed by atoms with Crippen LogP contribution >= 0.6 is 0 Å². The number of amides is 1. The second-order valence-electron chi connectivity index (χ2n) is 5.89. The molecular formula is C16H23N5O2. The Kier molecular flexibility index (Phi) is 4.88. The Morgan fingerprint density at radius 3 is 3.17 bits per heavy atom. The van der Waals surface area contributed by atoms with Gasteiger partial charge in [0.1, 0.15) is 5.56 Å². The first kappa shape index (κ1) is 15.9. The number of hydrogen-bond acceptors (Lipinski definition) is 5. The van der Waals surface area contributed by atoms with Gasteiger partial charge in [0.2, 0.25) is 0 Å². The highest BCUT2D eigenvalue weighted by atomic mass is 16.5. The van der Waals surface area contributed by atoms with E-state index >= 15 is 0 Å². The van der Waals surface area contributed by atoms with E-state index in [0.717, 1.165) is 38.2 Å². The Labute approximate surface area is 135 Å². The van der Waals surface area contributed by atoms with Gasteiger partial charge in [0.05, 0.1) is 18.9 Å². The molecule has 1 saturated heterocycles. The molecular weight excluding hydrogens is 294 g/mol. The van der Waals surface area contributed by atoms with Crippen molar-refractivity contribution in [3.63, 3.8) is 0 Å². The molecule has 1 fully saturated rings. The second-order valence-corrected chi connectivity index (χ2v) is 5.89. The van der Waals surface area contributed by atoms with Crippen molar-refractivity contribution in [1.82, 2.24) is 24.8 Å². The van der Waals surface area contributed by atoms with E-state index in [0.29, 0.717) is 17.8 Å². The lowest BCUT2D eigenvalue weighted by Crippen LogP contribution is -2.43. The SMILES string of the molecule is CCN1CCOC(CCNC(=O)c2cnn3cc(C)cnc23)C1. The first-order valence-corrected chi connectivity index (χ1v) is 8.09. The number of ether oxygens (including phenoxy) is 1. The van der Waals surface area contributed by atoms with E-state index in [1.807, 2.05) is 13.1 Å². The number of nitrogens with zero attached hydrogens (tertiary/aromatic N) is 4. The molecule has 1 aliphatic rings. The average Bonchev–Trinajstić information content (AvgIpc) is 2.98. The average molecular weight is 317 g/mol. The summed E-state index contributed by atoms with van der Waals surface area (Å²) >= 11 is 0. The number of aryl methyl sites for hydroxylation is 1. The number of likely N-dealkylation sites (N-methyl/N-ethyl adjacent to an activating group) is 1. The predicted octanol–water partition coefficient (Wildman–Crippen LogP) is 0.878. The Balaban J connectivity index is 1.54. The van der Waals surface area contributed by atoms with Gasteiger partial charge in [-0.1, -0.05) is 6.92 Å². The smallest absolute Gasteiger partial charge is 0.256 e. The molecule has 3 heterocycles. The van der Waals surface area contributed by atoms with Gasteiger partial charge in [0.15, 0.2) is 5.65 Å². The highest BCUT2D eigenvalue weighted by molar-refractivity contribution is 5.99. The van der Waals surface area contributed by atoms with Crippen molar-refractivity contribution in [2.45, 2.75) is 26.4 Å². The third kappa shape index (κ3) is 3.68. The van der Waals surface area contributed by atoms with Crippen LogP contribution in [0.25, 0.3) is 5.65 Å². The maximum atomic E-state index is 12.3. The van der Waals surface area contributed by atoms with Crippen molar-refractivity contribution in [2.75, 3.05) is 32.8 Å². The van der Waals surface area contributed by atoms with Crippen LogP contribution < -0.4 is 5.32 Å². The zero-order chi connectivity index (χ0) is 16.2. The molecule has 1 aliphatic heterocycles.